The Morgan fingerprint density at radius 3 is 2.53 bits per heavy atom. The Balaban J connectivity index is 2.07. The quantitative estimate of drug-likeness (QED) is 0.664. The number of anilines is 1. The van der Waals surface area contributed by atoms with E-state index in [1.807, 2.05) is 0 Å². The summed E-state index contributed by atoms with van der Waals surface area (Å²) in [6, 6.07) is 6.81. The predicted molar refractivity (Wildman–Crippen MR) is 69.3 cm³/mol. The van der Waals surface area contributed by atoms with Gasteiger partial charge in [-0.3, -0.25) is 13.9 Å². The number of hydrogen-bond acceptors (Lipinski definition) is 4. The van der Waals surface area contributed by atoms with Crippen molar-refractivity contribution in [1.82, 2.24) is 4.90 Å². The zero-order chi connectivity index (χ0) is 12.5. The second-order valence-electron chi connectivity index (χ2n) is 4.13. The van der Waals surface area contributed by atoms with Crippen LogP contribution in [0.4, 0.5) is 5.69 Å². The number of amides is 1. The Bertz CT molecular complexity index is 426. The maximum Gasteiger partial charge on any atom is 0.254 e. The van der Waals surface area contributed by atoms with Crippen LogP contribution in [0.1, 0.15) is 10.4 Å². The van der Waals surface area contributed by atoms with Crippen molar-refractivity contribution in [3.8, 4) is 0 Å². The molecule has 0 spiro atoms. The van der Waals surface area contributed by atoms with Gasteiger partial charge in [-0.1, -0.05) is 6.07 Å². The van der Waals surface area contributed by atoms with Crippen molar-refractivity contribution in [3.05, 3.63) is 29.8 Å². The Kier molecular flexibility index (Phi) is 3.28. The van der Waals surface area contributed by atoms with Gasteiger partial charge in [0, 0.05) is 24.3 Å². The van der Waals surface area contributed by atoms with E-state index in [4.69, 9.17) is 5.73 Å². The lowest BCUT2D eigenvalue weighted by Gasteiger charge is -2.40. The fraction of sp³-hybridized carbons (Fsp3) is 0.364. The second-order valence-corrected chi connectivity index (χ2v) is 6.55. The van der Waals surface area contributed by atoms with Crippen LogP contribution in [0.2, 0.25) is 0 Å². The van der Waals surface area contributed by atoms with Gasteiger partial charge in [0.05, 0.1) is 11.5 Å². The minimum absolute atomic E-state index is 0.104. The molecule has 1 saturated heterocycles. The topological polar surface area (TPSA) is 86.8 Å². The normalized spacial score (nSPS) is 20.9. The largest absolute Gasteiger partial charge is 0.399 e. The van der Waals surface area contributed by atoms with E-state index in [2.05, 4.69) is 0 Å². The van der Waals surface area contributed by atoms with Crippen LogP contribution in [-0.4, -0.2) is 44.5 Å². The first kappa shape index (κ1) is 12.2. The van der Waals surface area contributed by atoms with Crippen molar-refractivity contribution in [2.45, 2.75) is 0 Å². The Morgan fingerprint density at radius 1 is 1.29 bits per heavy atom. The van der Waals surface area contributed by atoms with Crippen LogP contribution in [0, 0.1) is 0 Å². The number of rotatable bonds is 1. The first-order chi connectivity index (χ1) is 7.98. The minimum atomic E-state index is -2.46. The lowest BCUT2D eigenvalue weighted by atomic mass is 10.2. The third-order valence-corrected chi connectivity index (χ3v) is 4.47. The summed E-state index contributed by atoms with van der Waals surface area (Å²) in [5.74, 6) is 0.425. The number of benzene rings is 1. The molecule has 1 aromatic rings. The van der Waals surface area contributed by atoms with Gasteiger partial charge in [-0.05, 0) is 18.2 Å². The molecular weight excluding hydrogens is 240 g/mol. The van der Waals surface area contributed by atoms with Crippen molar-refractivity contribution < 1.29 is 13.9 Å². The van der Waals surface area contributed by atoms with Crippen LogP contribution in [0.5, 0.6) is 0 Å². The van der Waals surface area contributed by atoms with Gasteiger partial charge in [0.25, 0.3) is 5.91 Å². The molecule has 4 N–H and O–H groups in total. The highest BCUT2D eigenvalue weighted by atomic mass is 32.3. The SMILES string of the molecule is Nc1cccc(C(=O)N2CCS(O)(O)CC2)c1. The molecule has 0 saturated carbocycles. The van der Waals surface area contributed by atoms with Gasteiger partial charge in [-0.2, -0.15) is 10.6 Å². The van der Waals surface area contributed by atoms with E-state index in [0.717, 1.165) is 0 Å². The summed E-state index contributed by atoms with van der Waals surface area (Å²) < 4.78 is 18.9. The van der Waals surface area contributed by atoms with Gasteiger partial charge >= 0.3 is 0 Å². The van der Waals surface area contributed by atoms with Gasteiger partial charge in [-0.25, -0.2) is 0 Å². The van der Waals surface area contributed by atoms with Gasteiger partial charge in [0.15, 0.2) is 0 Å². The molecule has 1 heterocycles. The molecule has 0 aromatic heterocycles. The number of nitrogens with two attached hydrogens (primary N) is 1. The van der Waals surface area contributed by atoms with E-state index >= 15 is 0 Å². The Hall–Kier alpha value is -1.24. The summed E-state index contributed by atoms with van der Waals surface area (Å²) in [5.41, 5.74) is 6.72. The van der Waals surface area contributed by atoms with Gasteiger partial charge in [0.2, 0.25) is 0 Å². The molecule has 1 aliphatic rings. The summed E-state index contributed by atoms with van der Waals surface area (Å²) in [5, 5.41) is 0. The van der Waals surface area contributed by atoms with Crippen LogP contribution in [0.25, 0.3) is 0 Å². The van der Waals surface area contributed by atoms with Gasteiger partial charge < -0.3 is 10.6 Å². The zero-order valence-electron chi connectivity index (χ0n) is 9.37. The summed E-state index contributed by atoms with van der Waals surface area (Å²) in [4.78, 5) is 13.7. The van der Waals surface area contributed by atoms with Gasteiger partial charge in [0.1, 0.15) is 0 Å². The van der Waals surface area contributed by atoms with E-state index in [-0.39, 0.29) is 17.4 Å². The molecule has 1 fully saturated rings. The predicted octanol–water partition coefficient (Wildman–Crippen LogP) is 1.48. The fourth-order valence-electron chi connectivity index (χ4n) is 1.78. The highest BCUT2D eigenvalue weighted by molar-refractivity contribution is 8.24. The molecule has 0 bridgehead atoms. The van der Waals surface area contributed by atoms with Crippen LogP contribution in [0.3, 0.4) is 0 Å². The van der Waals surface area contributed by atoms with Crippen LogP contribution in [0.15, 0.2) is 24.3 Å². The number of carbonyl (C=O) groups excluding carboxylic acids is 1. The van der Waals surface area contributed by atoms with Crippen molar-refractivity contribution in [1.29, 1.82) is 0 Å². The fourth-order valence-corrected chi connectivity index (χ4v) is 3.01. The average Bonchev–Trinajstić information content (AvgIpc) is 2.28. The first-order valence-corrected chi connectivity index (χ1v) is 7.25. The molecule has 6 heteroatoms. The third kappa shape index (κ3) is 2.91. The van der Waals surface area contributed by atoms with Gasteiger partial charge in [-0.15, -0.1) is 0 Å². The molecule has 94 valence electrons. The zero-order valence-corrected chi connectivity index (χ0v) is 10.2. The maximum absolute atomic E-state index is 12.1. The summed E-state index contributed by atoms with van der Waals surface area (Å²) in [6.45, 7) is 0.770. The smallest absolute Gasteiger partial charge is 0.254 e. The molecule has 0 radical (unpaired) electrons. The van der Waals surface area contributed by atoms with Crippen LogP contribution < -0.4 is 5.73 Å². The summed E-state index contributed by atoms with van der Waals surface area (Å²) in [6.07, 6.45) is 0. The second kappa shape index (κ2) is 4.56. The summed E-state index contributed by atoms with van der Waals surface area (Å²) in [7, 11) is -2.46. The first-order valence-electron chi connectivity index (χ1n) is 5.36. The standard InChI is InChI=1S/C11H16N2O3S/c12-10-3-1-2-9(8-10)11(14)13-4-6-17(15,16)7-5-13/h1-3,8,15-16H,4-7,12H2. The van der Waals surface area contributed by atoms with Crippen LogP contribution >= 0.6 is 10.6 Å². The molecule has 0 aliphatic carbocycles. The Labute approximate surface area is 102 Å². The van der Waals surface area contributed by atoms with Crippen molar-refractivity contribution in [2.75, 3.05) is 30.3 Å². The minimum Gasteiger partial charge on any atom is -0.399 e. The molecule has 1 aromatic carbocycles. The maximum atomic E-state index is 12.1. The van der Waals surface area contributed by atoms with Crippen LogP contribution in [-0.2, 0) is 0 Å². The molecule has 1 amide bonds. The number of hydrogen-bond donors (Lipinski definition) is 3. The van der Waals surface area contributed by atoms with E-state index < -0.39 is 10.6 Å². The molecule has 2 rings (SSSR count). The molecule has 0 unspecified atom stereocenters. The molecule has 0 atom stereocenters. The van der Waals surface area contributed by atoms with E-state index in [0.29, 0.717) is 24.3 Å². The molecular formula is C11H16N2O3S. The van der Waals surface area contributed by atoms with Crippen molar-refractivity contribution in [3.63, 3.8) is 0 Å². The highest BCUT2D eigenvalue weighted by Gasteiger charge is 2.25. The number of carbonyl (C=O) groups is 1. The third-order valence-electron chi connectivity index (χ3n) is 2.80. The molecule has 1 aliphatic heterocycles. The van der Waals surface area contributed by atoms with Crippen molar-refractivity contribution >= 4 is 22.2 Å². The van der Waals surface area contributed by atoms with E-state index in [9.17, 15) is 13.9 Å². The Morgan fingerprint density at radius 2 is 1.94 bits per heavy atom. The highest BCUT2D eigenvalue weighted by Crippen LogP contribution is 2.40. The number of nitrogens with zero attached hydrogens (tertiary/aromatic N) is 1. The number of nitrogen functional groups attached to an aromatic ring is 1. The monoisotopic (exact) mass is 256 g/mol. The average molecular weight is 256 g/mol. The van der Waals surface area contributed by atoms with Crippen molar-refractivity contribution in [2.24, 2.45) is 0 Å². The molecule has 5 nitrogen and oxygen atoms in total. The lowest BCUT2D eigenvalue weighted by Crippen LogP contribution is -2.42. The van der Waals surface area contributed by atoms with E-state index in [1.165, 1.54) is 0 Å². The lowest BCUT2D eigenvalue weighted by molar-refractivity contribution is 0.0768. The summed E-state index contributed by atoms with van der Waals surface area (Å²) >= 11 is 0. The molecule has 17 heavy (non-hydrogen) atoms. The van der Waals surface area contributed by atoms with E-state index in [1.54, 1.807) is 29.2 Å².